The molecule has 19 heteroatoms. The quantitative estimate of drug-likeness (QED) is 0.0995. The number of hydrogen-bond acceptors (Lipinski definition) is 17. The van der Waals surface area contributed by atoms with Gasteiger partial charge in [-0.15, -0.1) is 5.10 Å². The number of imidazole rings is 1. The second-order valence-corrected chi connectivity index (χ2v) is 22.5. The zero-order valence-corrected chi connectivity index (χ0v) is 45.8. The molecule has 2 aromatic heterocycles. The number of methoxy groups -OCH3 is 1. The van der Waals surface area contributed by atoms with Crippen molar-refractivity contribution in [2.24, 2.45) is 17.8 Å². The minimum atomic E-state index is -1.83. The van der Waals surface area contributed by atoms with Gasteiger partial charge in [0.25, 0.3) is 0 Å². The van der Waals surface area contributed by atoms with E-state index in [1.807, 2.05) is 61.4 Å². The molecule has 0 bridgehead atoms. The van der Waals surface area contributed by atoms with Crippen LogP contribution in [-0.2, 0) is 52.6 Å². The number of aromatic nitrogens is 5. The number of aliphatic hydroxyl groups is 5. The lowest BCUT2D eigenvalue weighted by Gasteiger charge is -2.49. The van der Waals surface area contributed by atoms with Crippen molar-refractivity contribution in [3.63, 3.8) is 0 Å². The molecule has 0 unspecified atom stereocenters. The Kier molecular flexibility index (Phi) is 20.3. The van der Waals surface area contributed by atoms with Crippen molar-refractivity contribution in [1.29, 1.82) is 0 Å². The summed E-state index contributed by atoms with van der Waals surface area (Å²) >= 11 is 0. The summed E-state index contributed by atoms with van der Waals surface area (Å²) < 4.78 is 42.3. The summed E-state index contributed by atoms with van der Waals surface area (Å²) in [6, 6.07) is 7.58. The molecule has 6 rings (SSSR count). The standard InChI is InChI=1S/C54H89N7O12/c1-14-43-54(10,67)47(63)37(6)59(12)30-33(2)28-52(8,66)49(35(4)46(36(5)50(65)71-43)72-44-29-53(9,68-13)48(64)38(7)70-44)73-51-45(62)42(27-34(3)69-51)58(11)25-22-40-31-61(57-56-40)24-16-15-17-39-18-20-41(21-19-39)60-26-23-55-32-60/h18-21,23,26,31-38,42-49,51,62-64,66-67H,14-17,22,24-25,27-30H2,1-13H3/t33-,34-,35+,36-,37-,38+,42+,43-,44+,45-,46+,47-,48+,49-,51+,52-,53-,54-/m1/s1. The Morgan fingerprint density at radius 2 is 1.64 bits per heavy atom. The van der Waals surface area contributed by atoms with Crippen LogP contribution in [0.25, 0.3) is 5.69 Å². The minimum Gasteiger partial charge on any atom is -0.459 e. The Balaban J connectivity index is 1.19. The number of carbonyl (C=O) groups is 1. The summed E-state index contributed by atoms with van der Waals surface area (Å²) in [5.74, 6) is -2.74. The molecule has 3 saturated heterocycles. The fourth-order valence-electron chi connectivity index (χ4n) is 11.5. The number of esters is 1. The van der Waals surface area contributed by atoms with E-state index in [0.717, 1.165) is 37.2 Å². The molecular weight excluding hydrogens is 939 g/mol. The lowest BCUT2D eigenvalue weighted by atomic mass is 9.77. The summed E-state index contributed by atoms with van der Waals surface area (Å²) in [5, 5.41) is 68.6. The molecule has 19 nitrogen and oxygen atoms in total. The molecule has 412 valence electrons. The molecule has 3 aliphatic rings. The topological polar surface area (TPSA) is 229 Å². The molecule has 5 heterocycles. The summed E-state index contributed by atoms with van der Waals surface area (Å²) in [6.07, 6.45) is 2.13. The average molecular weight is 1030 g/mol. The van der Waals surface area contributed by atoms with Crippen LogP contribution in [0.3, 0.4) is 0 Å². The number of likely N-dealkylation sites (N-methyl/N-ethyl adjacent to an activating group) is 2. The van der Waals surface area contributed by atoms with E-state index >= 15 is 0 Å². The van der Waals surface area contributed by atoms with Crippen molar-refractivity contribution >= 4 is 5.97 Å². The summed E-state index contributed by atoms with van der Waals surface area (Å²) in [7, 11) is 5.32. The highest BCUT2D eigenvalue weighted by atomic mass is 16.7. The maximum atomic E-state index is 14.5. The van der Waals surface area contributed by atoms with Crippen molar-refractivity contribution in [1.82, 2.24) is 34.3 Å². The smallest absolute Gasteiger partial charge is 0.311 e. The SMILES string of the molecule is CC[C@H]1OC(=O)[C@H](C)[C@@H](O[C@H]2C[C@@](C)(OC)[C@@H](O)[C@H](C)O2)[C@H](C)[C@@H](O[C@@H]2O[C@H](C)C[C@H](N(C)CCc3cn(CCCCc4ccc(-n5ccnc5)cc4)nn3)[C@H]2O)[C@](C)(O)C[C@@H](C)CN(C)[C@H](C)[C@@H](O)[C@]1(C)O. The summed E-state index contributed by atoms with van der Waals surface area (Å²) in [5.41, 5.74) is -1.30. The molecule has 18 atom stereocenters. The molecule has 3 fully saturated rings. The van der Waals surface area contributed by atoms with Crippen molar-refractivity contribution in [3.05, 3.63) is 60.4 Å². The van der Waals surface area contributed by atoms with Crippen LogP contribution in [0, 0.1) is 17.8 Å². The van der Waals surface area contributed by atoms with E-state index in [1.54, 1.807) is 54.1 Å². The molecule has 0 amide bonds. The van der Waals surface area contributed by atoms with Gasteiger partial charge in [-0.2, -0.15) is 0 Å². The molecule has 0 spiro atoms. The highest BCUT2D eigenvalue weighted by molar-refractivity contribution is 5.73. The van der Waals surface area contributed by atoms with Crippen molar-refractivity contribution < 1.29 is 58.7 Å². The molecule has 5 N–H and O–H groups in total. The van der Waals surface area contributed by atoms with Crippen LogP contribution in [-0.4, -0.2) is 190 Å². The van der Waals surface area contributed by atoms with Gasteiger partial charge < -0.3 is 68.3 Å². The molecule has 3 aromatic rings. The maximum Gasteiger partial charge on any atom is 0.311 e. The third kappa shape index (κ3) is 14.3. The fourth-order valence-corrected chi connectivity index (χ4v) is 11.5. The van der Waals surface area contributed by atoms with Gasteiger partial charge in [0.1, 0.15) is 30.0 Å². The number of unbranched alkanes of at least 4 members (excludes halogenated alkanes) is 1. The second-order valence-electron chi connectivity index (χ2n) is 22.5. The highest BCUT2D eigenvalue weighted by Gasteiger charge is 2.53. The van der Waals surface area contributed by atoms with Gasteiger partial charge in [0.05, 0.1) is 53.6 Å². The Morgan fingerprint density at radius 1 is 0.932 bits per heavy atom. The predicted octanol–water partition coefficient (Wildman–Crippen LogP) is 4.31. The van der Waals surface area contributed by atoms with Crippen LogP contribution in [0.5, 0.6) is 0 Å². The molecule has 1 aromatic carbocycles. The van der Waals surface area contributed by atoms with Crippen LogP contribution < -0.4 is 0 Å². The number of carbonyl (C=O) groups excluding carboxylic acids is 1. The first-order chi connectivity index (χ1) is 34.4. The fraction of sp³-hybridized carbons (Fsp3) is 0.778. The highest BCUT2D eigenvalue weighted by Crippen LogP contribution is 2.40. The van der Waals surface area contributed by atoms with Gasteiger partial charge in [-0.05, 0) is 125 Å². The van der Waals surface area contributed by atoms with E-state index in [1.165, 1.54) is 19.6 Å². The number of benzene rings is 1. The van der Waals surface area contributed by atoms with E-state index in [9.17, 15) is 30.3 Å². The first-order valence-corrected chi connectivity index (χ1v) is 26.6. The largest absolute Gasteiger partial charge is 0.459 e. The van der Waals surface area contributed by atoms with E-state index in [4.69, 9.17) is 28.4 Å². The Labute approximate surface area is 433 Å². The van der Waals surface area contributed by atoms with Gasteiger partial charge in [-0.25, -0.2) is 4.98 Å². The molecule has 0 radical (unpaired) electrons. The van der Waals surface area contributed by atoms with Crippen molar-refractivity contribution in [3.8, 4) is 5.69 Å². The van der Waals surface area contributed by atoms with Gasteiger partial charge >= 0.3 is 5.97 Å². The van der Waals surface area contributed by atoms with Crippen molar-refractivity contribution in [2.75, 3.05) is 34.3 Å². The monoisotopic (exact) mass is 1030 g/mol. The zero-order chi connectivity index (χ0) is 53.6. The second kappa shape index (κ2) is 25.1. The number of nitrogens with zero attached hydrogens (tertiary/aromatic N) is 7. The van der Waals surface area contributed by atoms with Gasteiger partial charge in [0.15, 0.2) is 12.6 Å². The lowest BCUT2D eigenvalue weighted by Crippen LogP contribution is -2.61. The van der Waals surface area contributed by atoms with Crippen molar-refractivity contribution in [2.45, 2.75) is 217 Å². The number of cyclic esters (lactones) is 1. The number of rotatable bonds is 16. The number of aliphatic hydroxyl groups excluding tert-OH is 3. The normalized spacial score (nSPS) is 38.7. The lowest BCUT2D eigenvalue weighted by molar-refractivity contribution is -0.318. The van der Waals surface area contributed by atoms with E-state index in [2.05, 4.69) is 44.5 Å². The van der Waals surface area contributed by atoms with Gasteiger partial charge in [-0.1, -0.05) is 38.1 Å². The first kappa shape index (κ1) is 58.8. The Morgan fingerprint density at radius 3 is 2.30 bits per heavy atom. The zero-order valence-electron chi connectivity index (χ0n) is 45.8. The number of hydrogen-bond donors (Lipinski definition) is 5. The Bertz CT molecular complexity index is 2140. The van der Waals surface area contributed by atoms with Crippen LogP contribution in [0.1, 0.15) is 119 Å². The third-order valence-electron chi connectivity index (χ3n) is 16.3. The Hall–Kier alpha value is -3.44. The van der Waals surface area contributed by atoms with Crippen LogP contribution in [0.15, 0.2) is 49.2 Å². The molecule has 73 heavy (non-hydrogen) atoms. The molecule has 3 aliphatic heterocycles. The van der Waals surface area contributed by atoms with Gasteiger partial charge in [0.2, 0.25) is 0 Å². The number of ether oxygens (including phenoxy) is 6. The van der Waals surface area contributed by atoms with E-state index in [-0.39, 0.29) is 31.3 Å². The summed E-state index contributed by atoms with van der Waals surface area (Å²) in [6.45, 7) is 19.4. The van der Waals surface area contributed by atoms with E-state index < -0.39 is 102 Å². The first-order valence-electron chi connectivity index (χ1n) is 26.6. The molecular formula is C54H89N7O12. The maximum absolute atomic E-state index is 14.5. The molecule has 0 saturated carbocycles. The third-order valence-corrected chi connectivity index (χ3v) is 16.3. The number of aryl methyl sites for hydroxylation is 2. The average Bonchev–Trinajstić information content (AvgIpc) is 4.06. The summed E-state index contributed by atoms with van der Waals surface area (Å²) in [4.78, 5) is 22.6. The van der Waals surface area contributed by atoms with Crippen LogP contribution in [0.2, 0.25) is 0 Å². The van der Waals surface area contributed by atoms with Crippen LogP contribution in [0.4, 0.5) is 0 Å². The van der Waals surface area contributed by atoms with Crippen LogP contribution >= 0.6 is 0 Å². The van der Waals surface area contributed by atoms with Gasteiger partial charge in [-0.3, -0.25) is 9.48 Å². The minimum absolute atomic E-state index is 0.109. The van der Waals surface area contributed by atoms with E-state index in [0.29, 0.717) is 25.9 Å². The molecule has 0 aliphatic carbocycles. The predicted molar refractivity (Wildman–Crippen MR) is 273 cm³/mol. The van der Waals surface area contributed by atoms with Gasteiger partial charge in [0, 0.05) is 81.9 Å².